The molecular formula is C11H14BrFN2O2S. The molecule has 0 spiro atoms. The van der Waals surface area contributed by atoms with Crippen molar-refractivity contribution in [2.24, 2.45) is 5.41 Å². The van der Waals surface area contributed by atoms with Crippen LogP contribution in [-0.4, -0.2) is 15.0 Å². The van der Waals surface area contributed by atoms with Crippen molar-refractivity contribution in [3.63, 3.8) is 0 Å². The molecule has 0 atom stereocenters. The van der Waals surface area contributed by atoms with E-state index in [4.69, 9.17) is 5.73 Å². The van der Waals surface area contributed by atoms with Gasteiger partial charge in [-0.2, -0.15) is 0 Å². The predicted molar refractivity (Wildman–Crippen MR) is 71.0 cm³/mol. The van der Waals surface area contributed by atoms with Crippen LogP contribution in [-0.2, 0) is 10.0 Å². The van der Waals surface area contributed by atoms with Gasteiger partial charge < -0.3 is 5.73 Å². The average molecular weight is 337 g/mol. The third-order valence-corrected chi connectivity index (χ3v) is 5.20. The van der Waals surface area contributed by atoms with Gasteiger partial charge in [-0.3, -0.25) is 0 Å². The minimum absolute atomic E-state index is 0.0547. The van der Waals surface area contributed by atoms with Gasteiger partial charge in [0.15, 0.2) is 0 Å². The normalized spacial score (nSPS) is 17.7. The van der Waals surface area contributed by atoms with E-state index in [0.29, 0.717) is 6.54 Å². The fourth-order valence-electron chi connectivity index (χ4n) is 1.51. The number of nitrogens with two attached hydrogens (primary N) is 1. The zero-order valence-electron chi connectivity index (χ0n) is 9.83. The molecule has 1 aromatic rings. The highest BCUT2D eigenvalue weighted by Crippen LogP contribution is 2.44. The smallest absolute Gasteiger partial charge is 0.242 e. The van der Waals surface area contributed by atoms with Gasteiger partial charge in [-0.15, -0.1) is 0 Å². The quantitative estimate of drug-likeness (QED) is 0.828. The topological polar surface area (TPSA) is 72.2 Å². The molecular weight excluding hydrogens is 323 g/mol. The van der Waals surface area contributed by atoms with Gasteiger partial charge in [-0.1, -0.05) is 6.92 Å². The maximum atomic E-state index is 13.2. The van der Waals surface area contributed by atoms with Crippen molar-refractivity contribution in [1.29, 1.82) is 0 Å². The monoisotopic (exact) mass is 336 g/mol. The Kier molecular flexibility index (Phi) is 3.42. The number of hydrogen-bond acceptors (Lipinski definition) is 3. The summed E-state index contributed by atoms with van der Waals surface area (Å²) in [5.74, 6) is -0.583. The Morgan fingerprint density at radius 2 is 2.11 bits per heavy atom. The number of sulfonamides is 1. The van der Waals surface area contributed by atoms with Gasteiger partial charge in [0.05, 0.1) is 10.2 Å². The van der Waals surface area contributed by atoms with Crippen molar-refractivity contribution in [2.75, 3.05) is 12.3 Å². The summed E-state index contributed by atoms with van der Waals surface area (Å²) < 4.78 is 39.9. The summed E-state index contributed by atoms with van der Waals surface area (Å²) in [5.41, 5.74) is 5.51. The Morgan fingerprint density at radius 1 is 1.50 bits per heavy atom. The lowest BCUT2D eigenvalue weighted by atomic mass is 10.2. The van der Waals surface area contributed by atoms with E-state index >= 15 is 0 Å². The van der Waals surface area contributed by atoms with E-state index in [0.717, 1.165) is 18.9 Å². The van der Waals surface area contributed by atoms with Gasteiger partial charge in [-0.25, -0.2) is 17.5 Å². The number of nitrogens with one attached hydrogen (secondary N) is 1. The van der Waals surface area contributed by atoms with E-state index in [1.54, 1.807) is 0 Å². The molecule has 0 aliphatic heterocycles. The van der Waals surface area contributed by atoms with Gasteiger partial charge in [0, 0.05) is 6.54 Å². The van der Waals surface area contributed by atoms with Crippen molar-refractivity contribution in [3.8, 4) is 0 Å². The van der Waals surface area contributed by atoms with E-state index < -0.39 is 15.8 Å². The maximum absolute atomic E-state index is 13.2. The van der Waals surface area contributed by atoms with Crippen molar-refractivity contribution < 1.29 is 12.8 Å². The largest absolute Gasteiger partial charge is 0.398 e. The molecule has 0 aromatic heterocycles. The second-order valence-corrected chi connectivity index (χ2v) is 7.53. The number of benzene rings is 1. The highest BCUT2D eigenvalue weighted by molar-refractivity contribution is 9.10. The summed E-state index contributed by atoms with van der Waals surface area (Å²) in [6.07, 6.45) is 2.02. The summed E-state index contributed by atoms with van der Waals surface area (Å²) >= 11 is 2.95. The molecule has 1 saturated carbocycles. The second kappa shape index (κ2) is 4.47. The standard InChI is InChI=1S/C11H14BrFN2O2S/c1-11(2-3-11)6-15-18(16,17)10-4-7(12)8(13)5-9(10)14/h4-5,15H,2-3,6,14H2,1H3. The van der Waals surface area contributed by atoms with E-state index in [-0.39, 0.29) is 20.5 Å². The average Bonchev–Trinajstić information content (AvgIpc) is 3.00. The molecule has 2 rings (SSSR count). The van der Waals surface area contributed by atoms with Crippen LogP contribution >= 0.6 is 15.9 Å². The molecule has 0 heterocycles. The van der Waals surface area contributed by atoms with Crippen LogP contribution < -0.4 is 10.5 Å². The molecule has 0 saturated heterocycles. The van der Waals surface area contributed by atoms with Crippen LogP contribution in [0.25, 0.3) is 0 Å². The Bertz CT molecular complexity index is 585. The van der Waals surface area contributed by atoms with Gasteiger partial charge in [-0.05, 0) is 46.3 Å². The van der Waals surface area contributed by atoms with Crippen molar-refractivity contribution in [2.45, 2.75) is 24.7 Å². The molecule has 1 aromatic carbocycles. The highest BCUT2D eigenvalue weighted by atomic mass is 79.9. The number of rotatable bonds is 4. The summed E-state index contributed by atoms with van der Waals surface area (Å²) in [6.45, 7) is 2.39. The molecule has 7 heteroatoms. The lowest BCUT2D eigenvalue weighted by Gasteiger charge is -2.12. The number of halogens is 2. The van der Waals surface area contributed by atoms with E-state index in [1.165, 1.54) is 6.07 Å². The molecule has 1 aliphatic carbocycles. The molecule has 18 heavy (non-hydrogen) atoms. The third-order valence-electron chi connectivity index (χ3n) is 3.13. The van der Waals surface area contributed by atoms with Gasteiger partial charge in [0.1, 0.15) is 10.7 Å². The Balaban J connectivity index is 2.26. The summed E-state index contributed by atoms with van der Waals surface area (Å²) in [4.78, 5) is -0.0972. The van der Waals surface area contributed by atoms with Crippen LogP contribution in [0.1, 0.15) is 19.8 Å². The second-order valence-electron chi connectivity index (χ2n) is 4.94. The Morgan fingerprint density at radius 3 is 2.67 bits per heavy atom. The number of nitrogen functional groups attached to an aromatic ring is 1. The molecule has 100 valence electrons. The summed E-state index contributed by atoms with van der Waals surface area (Å²) in [6, 6.07) is 2.18. The first kappa shape index (κ1) is 13.8. The maximum Gasteiger partial charge on any atom is 0.242 e. The van der Waals surface area contributed by atoms with E-state index in [1.807, 2.05) is 6.92 Å². The molecule has 0 bridgehead atoms. The van der Waals surface area contributed by atoms with Crippen LogP contribution in [0.4, 0.5) is 10.1 Å². The Labute approximate surface area is 114 Å². The molecule has 0 amide bonds. The van der Waals surface area contributed by atoms with Crippen LogP contribution in [0.2, 0.25) is 0 Å². The number of anilines is 1. The molecule has 1 fully saturated rings. The Hall–Kier alpha value is -0.660. The first-order valence-corrected chi connectivity index (χ1v) is 7.75. The predicted octanol–water partition coefficient (Wildman–Crippen LogP) is 2.25. The SMILES string of the molecule is CC1(CNS(=O)(=O)c2cc(Br)c(F)cc2N)CC1. The summed E-state index contributed by atoms with van der Waals surface area (Å²) in [5, 5.41) is 0. The zero-order valence-corrected chi connectivity index (χ0v) is 12.2. The van der Waals surface area contributed by atoms with Gasteiger partial charge >= 0.3 is 0 Å². The molecule has 3 N–H and O–H groups in total. The molecule has 1 aliphatic rings. The first-order valence-electron chi connectivity index (χ1n) is 5.48. The van der Waals surface area contributed by atoms with E-state index in [9.17, 15) is 12.8 Å². The fourth-order valence-corrected chi connectivity index (χ4v) is 3.34. The van der Waals surface area contributed by atoms with Gasteiger partial charge in [0.25, 0.3) is 0 Å². The lowest BCUT2D eigenvalue weighted by Crippen LogP contribution is -2.29. The lowest BCUT2D eigenvalue weighted by molar-refractivity contribution is 0.530. The fraction of sp³-hybridized carbons (Fsp3) is 0.455. The minimum Gasteiger partial charge on any atom is -0.398 e. The van der Waals surface area contributed by atoms with Crippen LogP contribution in [0.15, 0.2) is 21.5 Å². The molecule has 4 nitrogen and oxygen atoms in total. The van der Waals surface area contributed by atoms with Crippen molar-refractivity contribution >= 4 is 31.6 Å². The molecule has 0 radical (unpaired) electrons. The highest BCUT2D eigenvalue weighted by Gasteiger charge is 2.38. The van der Waals surface area contributed by atoms with Crippen LogP contribution in [0, 0.1) is 11.2 Å². The zero-order chi connectivity index (χ0) is 13.6. The van der Waals surface area contributed by atoms with E-state index in [2.05, 4.69) is 20.7 Å². The first-order chi connectivity index (χ1) is 8.23. The van der Waals surface area contributed by atoms with Crippen molar-refractivity contribution in [1.82, 2.24) is 4.72 Å². The minimum atomic E-state index is -3.70. The number of hydrogen-bond donors (Lipinski definition) is 2. The van der Waals surface area contributed by atoms with Crippen molar-refractivity contribution in [3.05, 3.63) is 22.4 Å². The summed E-state index contributed by atoms with van der Waals surface area (Å²) in [7, 11) is -3.70. The van der Waals surface area contributed by atoms with Crippen LogP contribution in [0.3, 0.4) is 0 Å². The van der Waals surface area contributed by atoms with Crippen LogP contribution in [0.5, 0.6) is 0 Å². The van der Waals surface area contributed by atoms with Gasteiger partial charge in [0.2, 0.25) is 10.0 Å². The third kappa shape index (κ3) is 2.84. The molecule has 0 unspecified atom stereocenters.